The molecule has 2 heterocycles. The van der Waals surface area contributed by atoms with Crippen molar-refractivity contribution in [2.24, 2.45) is 0 Å². The standard InChI is InChI=1S/C16H25N5O5/c1-12-9-20(16(26)21(15(12)25)11-14(23)24)4-3-17-13(22)10-19-7-5-18(2)6-8-19/h9H,3-8,10-11H2,1-2H3,(H,17,22)(H,23,24). The molecule has 10 nitrogen and oxygen atoms in total. The highest BCUT2D eigenvalue weighted by Crippen LogP contribution is 1.98. The number of carboxylic acids is 1. The molecule has 0 saturated carbocycles. The summed E-state index contributed by atoms with van der Waals surface area (Å²) < 4.78 is 1.93. The average molecular weight is 367 g/mol. The predicted octanol–water partition coefficient (Wildman–Crippen LogP) is -2.23. The molecule has 1 saturated heterocycles. The Morgan fingerprint density at radius 1 is 1.15 bits per heavy atom. The van der Waals surface area contributed by atoms with Gasteiger partial charge in [-0.1, -0.05) is 0 Å². The Hall–Kier alpha value is -2.46. The molecule has 26 heavy (non-hydrogen) atoms. The number of hydrogen-bond acceptors (Lipinski definition) is 6. The summed E-state index contributed by atoms with van der Waals surface area (Å²) in [6.07, 6.45) is 1.38. The number of aliphatic carboxylic acids is 1. The number of rotatable bonds is 7. The number of nitrogens with one attached hydrogen (secondary N) is 1. The number of hydrogen-bond donors (Lipinski definition) is 2. The Kier molecular flexibility index (Phi) is 6.70. The Bertz CT molecular complexity index is 776. The molecule has 0 bridgehead atoms. The van der Waals surface area contributed by atoms with Crippen molar-refractivity contribution in [2.75, 3.05) is 46.3 Å². The maximum Gasteiger partial charge on any atom is 0.331 e. The lowest BCUT2D eigenvalue weighted by Gasteiger charge is -2.31. The lowest BCUT2D eigenvalue weighted by atomic mass is 10.3. The van der Waals surface area contributed by atoms with Gasteiger partial charge >= 0.3 is 11.7 Å². The molecule has 1 amide bonds. The van der Waals surface area contributed by atoms with E-state index in [4.69, 9.17) is 5.11 Å². The second-order valence-electron chi connectivity index (χ2n) is 6.50. The SMILES string of the molecule is Cc1cn(CCNC(=O)CN2CCN(C)CC2)c(=O)n(CC(=O)O)c1=O. The monoisotopic (exact) mass is 367 g/mol. The van der Waals surface area contributed by atoms with E-state index in [0.29, 0.717) is 11.1 Å². The van der Waals surface area contributed by atoms with Crippen molar-refractivity contribution < 1.29 is 14.7 Å². The lowest BCUT2D eigenvalue weighted by Crippen LogP contribution is -2.48. The van der Waals surface area contributed by atoms with E-state index in [9.17, 15) is 19.2 Å². The maximum absolute atomic E-state index is 12.2. The number of carbonyl (C=O) groups excluding carboxylic acids is 1. The van der Waals surface area contributed by atoms with E-state index in [1.165, 1.54) is 17.7 Å². The van der Waals surface area contributed by atoms with Crippen molar-refractivity contribution in [1.29, 1.82) is 0 Å². The molecule has 10 heteroatoms. The van der Waals surface area contributed by atoms with E-state index < -0.39 is 23.8 Å². The normalized spacial score (nSPS) is 15.8. The van der Waals surface area contributed by atoms with Gasteiger partial charge in [-0.2, -0.15) is 0 Å². The first-order valence-electron chi connectivity index (χ1n) is 8.48. The number of aryl methyl sites for hydroxylation is 1. The quantitative estimate of drug-likeness (QED) is 0.560. The summed E-state index contributed by atoms with van der Waals surface area (Å²) in [6.45, 7) is 5.04. The van der Waals surface area contributed by atoms with Gasteiger partial charge < -0.3 is 15.3 Å². The Morgan fingerprint density at radius 3 is 2.42 bits per heavy atom. The first-order valence-corrected chi connectivity index (χ1v) is 8.48. The minimum Gasteiger partial charge on any atom is -0.480 e. The van der Waals surface area contributed by atoms with Gasteiger partial charge in [0.2, 0.25) is 5.91 Å². The van der Waals surface area contributed by atoms with E-state index in [1.807, 2.05) is 7.05 Å². The molecule has 0 aliphatic carbocycles. The average Bonchev–Trinajstić information content (AvgIpc) is 2.58. The van der Waals surface area contributed by atoms with Gasteiger partial charge in [0, 0.05) is 51.0 Å². The van der Waals surface area contributed by atoms with E-state index in [-0.39, 0.29) is 24.6 Å². The number of nitrogens with zero attached hydrogens (tertiary/aromatic N) is 4. The van der Waals surface area contributed by atoms with Gasteiger partial charge in [0.05, 0.1) is 6.54 Å². The summed E-state index contributed by atoms with van der Waals surface area (Å²) >= 11 is 0. The van der Waals surface area contributed by atoms with Crippen molar-refractivity contribution in [3.8, 4) is 0 Å². The van der Waals surface area contributed by atoms with Gasteiger partial charge in [-0.15, -0.1) is 0 Å². The number of carboxylic acid groups (broad SMARTS) is 1. The molecule has 0 radical (unpaired) electrons. The van der Waals surface area contributed by atoms with E-state index in [1.54, 1.807) is 0 Å². The summed E-state index contributed by atoms with van der Waals surface area (Å²) in [5, 5.41) is 11.6. The second-order valence-corrected chi connectivity index (χ2v) is 6.50. The highest BCUT2D eigenvalue weighted by atomic mass is 16.4. The molecule has 0 unspecified atom stereocenters. The number of likely N-dealkylation sites (N-methyl/N-ethyl adjacent to an activating group) is 1. The fourth-order valence-corrected chi connectivity index (χ4v) is 2.81. The van der Waals surface area contributed by atoms with Crippen LogP contribution in [0.15, 0.2) is 15.8 Å². The molecule has 2 rings (SSSR count). The highest BCUT2D eigenvalue weighted by Gasteiger charge is 2.16. The number of aromatic nitrogens is 2. The van der Waals surface area contributed by atoms with Crippen LogP contribution in [0.4, 0.5) is 0 Å². The van der Waals surface area contributed by atoms with Crippen LogP contribution in [0.1, 0.15) is 5.56 Å². The van der Waals surface area contributed by atoms with Crippen LogP contribution >= 0.6 is 0 Å². The zero-order chi connectivity index (χ0) is 19.3. The molecule has 1 fully saturated rings. The zero-order valence-electron chi connectivity index (χ0n) is 15.1. The van der Waals surface area contributed by atoms with Gasteiger partial charge in [-0.3, -0.25) is 23.9 Å². The number of piperazine rings is 1. The van der Waals surface area contributed by atoms with Crippen LogP contribution < -0.4 is 16.6 Å². The van der Waals surface area contributed by atoms with Gasteiger partial charge in [0.15, 0.2) is 0 Å². The third-order valence-electron chi connectivity index (χ3n) is 4.34. The van der Waals surface area contributed by atoms with Crippen molar-refractivity contribution >= 4 is 11.9 Å². The summed E-state index contributed by atoms with van der Waals surface area (Å²) in [4.78, 5) is 51.3. The minimum atomic E-state index is -1.26. The minimum absolute atomic E-state index is 0.127. The van der Waals surface area contributed by atoms with Crippen molar-refractivity contribution in [3.63, 3.8) is 0 Å². The molecular formula is C16H25N5O5. The van der Waals surface area contributed by atoms with Crippen LogP contribution in [0.25, 0.3) is 0 Å². The molecule has 1 aromatic heterocycles. The zero-order valence-corrected chi connectivity index (χ0v) is 15.1. The highest BCUT2D eigenvalue weighted by molar-refractivity contribution is 5.77. The van der Waals surface area contributed by atoms with Crippen molar-refractivity contribution in [1.82, 2.24) is 24.3 Å². The third kappa shape index (κ3) is 5.27. The number of carbonyl (C=O) groups is 2. The Balaban J connectivity index is 1.92. The van der Waals surface area contributed by atoms with E-state index >= 15 is 0 Å². The lowest BCUT2D eigenvalue weighted by molar-refractivity contribution is -0.137. The van der Waals surface area contributed by atoms with Gasteiger partial charge in [-0.05, 0) is 14.0 Å². The molecule has 0 atom stereocenters. The summed E-state index contributed by atoms with van der Waals surface area (Å²) in [7, 11) is 2.04. The van der Waals surface area contributed by atoms with Crippen molar-refractivity contribution in [2.45, 2.75) is 20.0 Å². The predicted molar refractivity (Wildman–Crippen MR) is 94.3 cm³/mol. The summed E-state index contributed by atoms with van der Waals surface area (Å²) in [5.41, 5.74) is -1.04. The summed E-state index contributed by atoms with van der Waals surface area (Å²) in [5.74, 6) is -1.39. The first kappa shape index (κ1) is 19.9. The van der Waals surface area contributed by atoms with Crippen LogP contribution in [0.2, 0.25) is 0 Å². The maximum atomic E-state index is 12.2. The van der Waals surface area contributed by atoms with E-state index in [2.05, 4.69) is 15.1 Å². The van der Waals surface area contributed by atoms with Crippen LogP contribution in [0.5, 0.6) is 0 Å². The van der Waals surface area contributed by atoms with Crippen LogP contribution in [0, 0.1) is 6.92 Å². The van der Waals surface area contributed by atoms with Crippen molar-refractivity contribution in [3.05, 3.63) is 32.6 Å². The Morgan fingerprint density at radius 2 is 1.81 bits per heavy atom. The molecule has 1 aromatic rings. The Labute approximate surface area is 150 Å². The molecule has 1 aliphatic heterocycles. The molecule has 0 spiro atoms. The fourth-order valence-electron chi connectivity index (χ4n) is 2.81. The van der Waals surface area contributed by atoms with Crippen LogP contribution in [-0.4, -0.2) is 82.2 Å². The van der Waals surface area contributed by atoms with Gasteiger partial charge in [-0.25, -0.2) is 9.36 Å². The molecular weight excluding hydrogens is 342 g/mol. The third-order valence-corrected chi connectivity index (χ3v) is 4.34. The topological polar surface area (TPSA) is 117 Å². The molecule has 1 aliphatic rings. The largest absolute Gasteiger partial charge is 0.480 e. The number of amides is 1. The summed E-state index contributed by atoms with van der Waals surface area (Å²) in [6, 6.07) is 0. The first-order chi connectivity index (χ1) is 12.3. The molecule has 2 N–H and O–H groups in total. The smallest absolute Gasteiger partial charge is 0.331 e. The fraction of sp³-hybridized carbons (Fsp3) is 0.625. The van der Waals surface area contributed by atoms with Gasteiger partial charge in [0.1, 0.15) is 6.54 Å². The van der Waals surface area contributed by atoms with E-state index in [0.717, 1.165) is 26.2 Å². The second kappa shape index (κ2) is 8.77. The molecule has 144 valence electrons. The molecule has 0 aromatic carbocycles. The van der Waals surface area contributed by atoms with Crippen LogP contribution in [0.3, 0.4) is 0 Å². The van der Waals surface area contributed by atoms with Gasteiger partial charge in [0.25, 0.3) is 5.56 Å². The van der Waals surface area contributed by atoms with Crippen LogP contribution in [-0.2, 0) is 22.7 Å².